The lowest BCUT2D eigenvalue weighted by atomic mass is 9.96. The van der Waals surface area contributed by atoms with E-state index in [1.807, 2.05) is 13.0 Å². The summed E-state index contributed by atoms with van der Waals surface area (Å²) in [7, 11) is 0. The van der Waals surface area contributed by atoms with Crippen LogP contribution in [-0.2, 0) is 9.53 Å². The number of cyclic esters (lactones) is 1. The van der Waals surface area contributed by atoms with Crippen molar-refractivity contribution < 1.29 is 23.9 Å². The summed E-state index contributed by atoms with van der Waals surface area (Å²) in [4.78, 5) is 39.3. The minimum atomic E-state index is -1.02. The van der Waals surface area contributed by atoms with Crippen LogP contribution in [0.15, 0.2) is 34.1 Å². The molecule has 8 nitrogen and oxygen atoms in total. The van der Waals surface area contributed by atoms with E-state index in [1.165, 1.54) is 11.3 Å². The maximum absolute atomic E-state index is 13.2. The van der Waals surface area contributed by atoms with E-state index < -0.39 is 11.6 Å². The summed E-state index contributed by atoms with van der Waals surface area (Å²) in [6.07, 6.45) is 2.53. The van der Waals surface area contributed by atoms with Gasteiger partial charge in [0.15, 0.2) is 5.06 Å². The fourth-order valence-corrected chi connectivity index (χ4v) is 5.30. The van der Waals surface area contributed by atoms with Crippen LogP contribution in [0, 0.1) is 6.92 Å². The van der Waals surface area contributed by atoms with Gasteiger partial charge in [-0.25, -0.2) is 9.59 Å². The maximum atomic E-state index is 13.2. The van der Waals surface area contributed by atoms with E-state index in [4.69, 9.17) is 9.47 Å². The van der Waals surface area contributed by atoms with Crippen LogP contribution in [0.4, 0.5) is 21.0 Å². The maximum Gasteiger partial charge on any atom is 0.414 e. The summed E-state index contributed by atoms with van der Waals surface area (Å²) >= 11 is 4.63. The molecule has 0 spiro atoms. The van der Waals surface area contributed by atoms with Crippen molar-refractivity contribution >= 4 is 56.7 Å². The van der Waals surface area contributed by atoms with Gasteiger partial charge in [0.05, 0.1) is 16.1 Å². The van der Waals surface area contributed by atoms with E-state index in [9.17, 15) is 14.4 Å². The number of halogens is 1. The van der Waals surface area contributed by atoms with Crippen LogP contribution in [0.25, 0.3) is 0 Å². The molecule has 2 aliphatic rings. The van der Waals surface area contributed by atoms with Gasteiger partial charge < -0.3 is 20.1 Å². The summed E-state index contributed by atoms with van der Waals surface area (Å²) in [5, 5.41) is 6.18. The Hall–Kier alpha value is -2.59. The molecule has 1 saturated heterocycles. The molecule has 0 atom stereocenters. The molecule has 3 amide bonds. The lowest BCUT2D eigenvalue weighted by Crippen LogP contribution is -2.55. The third-order valence-corrected chi connectivity index (χ3v) is 7.19. The van der Waals surface area contributed by atoms with Crippen molar-refractivity contribution in [3.05, 3.63) is 39.7 Å². The van der Waals surface area contributed by atoms with Crippen molar-refractivity contribution in [1.29, 1.82) is 0 Å². The molecule has 2 aromatic rings. The number of hydrogen-bond acceptors (Lipinski definition) is 6. The fraction of sp³-hybridized carbons (Fsp3) is 0.409. The van der Waals surface area contributed by atoms with E-state index in [0.717, 1.165) is 34.3 Å². The van der Waals surface area contributed by atoms with Crippen LogP contribution in [0.5, 0.6) is 5.06 Å². The summed E-state index contributed by atoms with van der Waals surface area (Å²) in [5.74, 6) is -0.274. The van der Waals surface area contributed by atoms with Crippen molar-refractivity contribution in [2.75, 3.05) is 23.4 Å². The standard InChI is InChI=1S/C22H24BrN3O5S/c1-14-13-15(5-6-16(14)26-11-4-12-30-21(26)29)24-19(27)22(9-2-3-10-22)25-20(28)31-18-8-7-17(23)32-18/h5-8,13H,2-4,9-12H2,1H3,(H,24,27)(H,25,28). The van der Waals surface area contributed by atoms with Crippen LogP contribution < -0.4 is 20.3 Å². The van der Waals surface area contributed by atoms with Crippen molar-refractivity contribution in [1.82, 2.24) is 5.32 Å². The Labute approximate surface area is 198 Å². The van der Waals surface area contributed by atoms with E-state index in [-0.39, 0.29) is 12.0 Å². The summed E-state index contributed by atoms with van der Waals surface area (Å²) < 4.78 is 11.3. The molecule has 2 fully saturated rings. The first-order chi connectivity index (χ1) is 15.4. The molecule has 1 aliphatic carbocycles. The Kier molecular flexibility index (Phi) is 6.71. The number of nitrogens with zero attached hydrogens (tertiary/aromatic N) is 1. The minimum absolute atomic E-state index is 0.274. The molecule has 1 aromatic carbocycles. The smallest absolute Gasteiger partial charge is 0.414 e. The number of hydrogen-bond donors (Lipinski definition) is 2. The van der Waals surface area contributed by atoms with Crippen molar-refractivity contribution in [2.24, 2.45) is 0 Å². The number of benzene rings is 1. The average molecular weight is 522 g/mol. The average Bonchev–Trinajstić information content (AvgIpc) is 3.38. The lowest BCUT2D eigenvalue weighted by molar-refractivity contribution is -0.122. The molecule has 1 aromatic heterocycles. The molecule has 1 aliphatic heterocycles. The zero-order valence-corrected chi connectivity index (χ0v) is 20.0. The molecule has 1 saturated carbocycles. The van der Waals surface area contributed by atoms with Crippen LogP contribution in [-0.4, -0.2) is 36.8 Å². The van der Waals surface area contributed by atoms with Gasteiger partial charge in [-0.2, -0.15) is 0 Å². The largest absolute Gasteiger partial charge is 0.449 e. The number of rotatable bonds is 5. The normalized spacial score (nSPS) is 17.6. The topological polar surface area (TPSA) is 97.0 Å². The number of aryl methyl sites for hydroxylation is 1. The molecule has 0 bridgehead atoms. The van der Waals surface area contributed by atoms with E-state index in [1.54, 1.807) is 29.2 Å². The van der Waals surface area contributed by atoms with Crippen LogP contribution in [0.3, 0.4) is 0 Å². The van der Waals surface area contributed by atoms with E-state index >= 15 is 0 Å². The quantitative estimate of drug-likeness (QED) is 0.563. The summed E-state index contributed by atoms with van der Waals surface area (Å²) in [5.41, 5.74) is 1.18. The number of carbonyl (C=O) groups is 3. The van der Waals surface area contributed by atoms with Gasteiger partial charge in [0, 0.05) is 12.2 Å². The SMILES string of the molecule is Cc1cc(NC(=O)C2(NC(=O)Oc3ccc(Br)s3)CCCC2)ccc1N1CCCOC1=O. The van der Waals surface area contributed by atoms with E-state index in [2.05, 4.69) is 26.6 Å². The zero-order chi connectivity index (χ0) is 22.7. The van der Waals surface area contributed by atoms with Crippen molar-refractivity contribution in [3.8, 4) is 5.06 Å². The molecule has 10 heteroatoms. The molecular weight excluding hydrogens is 498 g/mol. The van der Waals surface area contributed by atoms with Gasteiger partial charge in [-0.05, 0) is 78.0 Å². The number of nitrogens with one attached hydrogen (secondary N) is 2. The van der Waals surface area contributed by atoms with E-state index in [0.29, 0.717) is 36.7 Å². The second-order valence-electron chi connectivity index (χ2n) is 7.94. The van der Waals surface area contributed by atoms with Gasteiger partial charge in [-0.15, -0.1) is 0 Å². The predicted molar refractivity (Wildman–Crippen MR) is 125 cm³/mol. The highest BCUT2D eigenvalue weighted by atomic mass is 79.9. The highest BCUT2D eigenvalue weighted by Crippen LogP contribution is 2.33. The zero-order valence-electron chi connectivity index (χ0n) is 17.6. The molecular formula is C22H24BrN3O5S. The first kappa shape index (κ1) is 22.6. The number of thiophene rings is 1. The molecule has 0 radical (unpaired) electrons. The molecule has 4 rings (SSSR count). The van der Waals surface area contributed by atoms with Gasteiger partial charge in [-0.1, -0.05) is 24.2 Å². The third kappa shape index (κ3) is 4.91. The van der Waals surface area contributed by atoms with Crippen LogP contribution in [0.2, 0.25) is 0 Å². The Morgan fingerprint density at radius 3 is 2.62 bits per heavy atom. The molecule has 170 valence electrons. The Bertz CT molecular complexity index is 1030. The molecule has 2 heterocycles. The number of carbonyl (C=O) groups excluding carboxylic acids is 3. The van der Waals surface area contributed by atoms with Crippen LogP contribution in [0.1, 0.15) is 37.7 Å². The van der Waals surface area contributed by atoms with Gasteiger partial charge in [0.1, 0.15) is 5.54 Å². The van der Waals surface area contributed by atoms with Gasteiger partial charge >= 0.3 is 12.2 Å². The van der Waals surface area contributed by atoms with Gasteiger partial charge in [-0.3, -0.25) is 9.69 Å². The first-order valence-electron chi connectivity index (χ1n) is 10.5. The molecule has 32 heavy (non-hydrogen) atoms. The summed E-state index contributed by atoms with van der Waals surface area (Å²) in [6, 6.07) is 8.86. The fourth-order valence-electron chi connectivity index (χ4n) is 4.11. The Balaban J connectivity index is 1.45. The highest BCUT2D eigenvalue weighted by molar-refractivity contribution is 9.11. The number of amides is 3. The predicted octanol–water partition coefficient (Wildman–Crippen LogP) is 5.21. The minimum Gasteiger partial charge on any atom is -0.449 e. The summed E-state index contributed by atoms with van der Waals surface area (Å²) in [6.45, 7) is 2.91. The number of anilines is 2. The molecule has 0 unspecified atom stereocenters. The van der Waals surface area contributed by atoms with Crippen molar-refractivity contribution in [3.63, 3.8) is 0 Å². The van der Waals surface area contributed by atoms with Gasteiger partial charge in [0.25, 0.3) is 0 Å². The number of ether oxygens (including phenoxy) is 2. The second kappa shape index (κ2) is 9.50. The first-order valence-corrected chi connectivity index (χ1v) is 12.1. The third-order valence-electron chi connectivity index (χ3n) is 5.69. The molecule has 2 N–H and O–H groups in total. The second-order valence-corrected chi connectivity index (χ2v) is 10.4. The Morgan fingerprint density at radius 1 is 1.19 bits per heavy atom. The Morgan fingerprint density at radius 2 is 1.97 bits per heavy atom. The van der Waals surface area contributed by atoms with Crippen molar-refractivity contribution in [2.45, 2.75) is 44.6 Å². The monoisotopic (exact) mass is 521 g/mol. The highest BCUT2D eigenvalue weighted by Gasteiger charge is 2.43. The van der Waals surface area contributed by atoms with Crippen LogP contribution >= 0.6 is 27.3 Å². The lowest BCUT2D eigenvalue weighted by Gasteiger charge is -2.29. The van der Waals surface area contributed by atoms with Gasteiger partial charge in [0.2, 0.25) is 5.91 Å².